The quantitative estimate of drug-likeness (QED) is 0.732. The molecule has 1 rings (SSSR count). The van der Waals surface area contributed by atoms with Crippen molar-refractivity contribution in [2.24, 2.45) is 0 Å². The molecule has 5 heteroatoms. The Morgan fingerprint density at radius 2 is 2.24 bits per heavy atom. The lowest BCUT2D eigenvalue weighted by atomic mass is 10.2. The number of halogens is 1. The van der Waals surface area contributed by atoms with Crippen LogP contribution in [-0.4, -0.2) is 23.6 Å². The average molecular weight is 301 g/mol. The van der Waals surface area contributed by atoms with Crippen LogP contribution in [0.4, 0.5) is 5.69 Å². The fraction of sp³-hybridized carbons (Fsp3) is 0.417. The van der Waals surface area contributed by atoms with Gasteiger partial charge in [-0.1, -0.05) is 22.9 Å². The fourth-order valence-electron chi connectivity index (χ4n) is 1.51. The van der Waals surface area contributed by atoms with Crippen LogP contribution in [-0.2, 0) is 4.79 Å². The Balaban J connectivity index is 2.58. The van der Waals surface area contributed by atoms with E-state index in [-0.39, 0.29) is 17.7 Å². The van der Waals surface area contributed by atoms with Crippen LogP contribution in [0.1, 0.15) is 20.3 Å². The van der Waals surface area contributed by atoms with Gasteiger partial charge in [0.1, 0.15) is 5.75 Å². The minimum atomic E-state index is -0.119. The second kappa shape index (κ2) is 6.61. The number of phenolic OH excluding ortho intramolecular Hbond substituents is 1. The third-order valence-corrected chi connectivity index (χ3v) is 2.77. The van der Waals surface area contributed by atoms with E-state index in [1.807, 2.05) is 13.8 Å². The van der Waals surface area contributed by atoms with E-state index < -0.39 is 0 Å². The molecule has 0 aliphatic rings. The monoisotopic (exact) mass is 300 g/mol. The Hall–Kier alpha value is -1.07. The lowest BCUT2D eigenvalue weighted by Gasteiger charge is -2.12. The van der Waals surface area contributed by atoms with E-state index in [0.717, 1.165) is 11.0 Å². The molecule has 0 saturated heterocycles. The van der Waals surface area contributed by atoms with Gasteiger partial charge < -0.3 is 15.7 Å². The first-order valence-electron chi connectivity index (χ1n) is 5.54. The molecular weight excluding hydrogens is 284 g/mol. The van der Waals surface area contributed by atoms with Crippen LogP contribution in [0.25, 0.3) is 0 Å². The minimum Gasteiger partial charge on any atom is -0.506 e. The second-order valence-corrected chi connectivity index (χ2v) is 4.79. The van der Waals surface area contributed by atoms with E-state index in [0.29, 0.717) is 12.1 Å². The predicted octanol–water partition coefficient (Wildman–Crippen LogP) is 2.48. The van der Waals surface area contributed by atoms with Crippen LogP contribution in [0.3, 0.4) is 0 Å². The smallest absolute Gasteiger partial charge is 0.226 e. The number of nitrogens with one attached hydrogen (secondary N) is 2. The maximum absolute atomic E-state index is 11.7. The summed E-state index contributed by atoms with van der Waals surface area (Å²) >= 11 is 3.29. The Kier molecular flexibility index (Phi) is 5.44. The highest BCUT2D eigenvalue weighted by Crippen LogP contribution is 2.26. The molecule has 1 aromatic carbocycles. The molecule has 0 fully saturated rings. The van der Waals surface area contributed by atoms with Gasteiger partial charge in [0, 0.05) is 16.9 Å². The van der Waals surface area contributed by atoms with Crippen LogP contribution in [0.2, 0.25) is 0 Å². The molecule has 0 saturated carbocycles. The summed E-state index contributed by atoms with van der Waals surface area (Å²) in [6.45, 7) is 4.77. The summed E-state index contributed by atoms with van der Waals surface area (Å²) in [4.78, 5) is 11.7. The molecule has 0 spiro atoms. The summed E-state index contributed by atoms with van der Waals surface area (Å²) < 4.78 is 0.810. The maximum Gasteiger partial charge on any atom is 0.226 e. The first-order valence-corrected chi connectivity index (χ1v) is 6.34. The molecule has 0 heterocycles. The fourth-order valence-corrected chi connectivity index (χ4v) is 1.87. The first-order chi connectivity index (χ1) is 8.02. The Bertz CT molecular complexity index is 396. The van der Waals surface area contributed by atoms with Gasteiger partial charge in [-0.05, 0) is 31.7 Å². The van der Waals surface area contributed by atoms with Crippen molar-refractivity contribution < 1.29 is 9.90 Å². The maximum atomic E-state index is 11.7. The zero-order valence-corrected chi connectivity index (χ0v) is 11.5. The van der Waals surface area contributed by atoms with Gasteiger partial charge in [-0.3, -0.25) is 4.79 Å². The zero-order chi connectivity index (χ0) is 12.8. The third-order valence-electron chi connectivity index (χ3n) is 2.28. The summed E-state index contributed by atoms with van der Waals surface area (Å²) in [5, 5.41) is 15.4. The minimum absolute atomic E-state index is 0.0673. The molecule has 1 unspecified atom stereocenters. The van der Waals surface area contributed by atoms with E-state index >= 15 is 0 Å². The summed E-state index contributed by atoms with van der Waals surface area (Å²) in [5.74, 6) is -0.0514. The van der Waals surface area contributed by atoms with Crippen molar-refractivity contribution in [3.63, 3.8) is 0 Å². The van der Waals surface area contributed by atoms with Crippen LogP contribution in [0.5, 0.6) is 5.75 Å². The Morgan fingerprint density at radius 3 is 2.88 bits per heavy atom. The summed E-state index contributed by atoms with van der Waals surface area (Å²) in [6, 6.07) is 5.04. The van der Waals surface area contributed by atoms with Crippen LogP contribution >= 0.6 is 15.9 Å². The van der Waals surface area contributed by atoms with E-state index in [1.165, 1.54) is 6.07 Å². The molecule has 1 amide bonds. The Morgan fingerprint density at radius 1 is 1.53 bits per heavy atom. The van der Waals surface area contributed by atoms with Crippen molar-refractivity contribution in [1.29, 1.82) is 0 Å². The molecule has 0 bridgehead atoms. The highest BCUT2D eigenvalue weighted by atomic mass is 79.9. The second-order valence-electron chi connectivity index (χ2n) is 3.87. The number of carbonyl (C=O) groups excluding carboxylic acids is 1. The lowest BCUT2D eigenvalue weighted by molar-refractivity contribution is -0.116. The topological polar surface area (TPSA) is 61.4 Å². The van der Waals surface area contributed by atoms with Gasteiger partial charge in [0.05, 0.1) is 5.69 Å². The van der Waals surface area contributed by atoms with Gasteiger partial charge in [0.25, 0.3) is 0 Å². The highest BCUT2D eigenvalue weighted by molar-refractivity contribution is 9.10. The van der Waals surface area contributed by atoms with Crippen LogP contribution in [0, 0.1) is 0 Å². The van der Waals surface area contributed by atoms with Gasteiger partial charge in [0.2, 0.25) is 5.91 Å². The van der Waals surface area contributed by atoms with Crippen molar-refractivity contribution in [1.82, 2.24) is 5.32 Å². The van der Waals surface area contributed by atoms with Crippen molar-refractivity contribution >= 4 is 27.5 Å². The number of phenols is 1. The molecule has 0 radical (unpaired) electrons. The molecule has 3 N–H and O–H groups in total. The molecule has 1 aromatic rings. The molecule has 4 nitrogen and oxygen atoms in total. The number of rotatable bonds is 5. The summed E-state index contributed by atoms with van der Waals surface area (Å²) in [5.41, 5.74) is 0.424. The van der Waals surface area contributed by atoms with Crippen molar-refractivity contribution in [3.8, 4) is 5.75 Å². The number of aromatic hydroxyl groups is 1. The number of hydrogen-bond donors (Lipinski definition) is 3. The van der Waals surface area contributed by atoms with E-state index in [2.05, 4.69) is 26.6 Å². The van der Waals surface area contributed by atoms with Gasteiger partial charge in [0.15, 0.2) is 0 Å². The lowest BCUT2D eigenvalue weighted by Crippen LogP contribution is -2.30. The molecule has 1 atom stereocenters. The third kappa shape index (κ3) is 4.75. The van der Waals surface area contributed by atoms with Gasteiger partial charge in [-0.25, -0.2) is 0 Å². The van der Waals surface area contributed by atoms with Crippen molar-refractivity contribution in [2.75, 3.05) is 11.9 Å². The summed E-state index contributed by atoms with van der Waals surface area (Å²) in [6.07, 6.45) is 0.375. The molecule has 0 aromatic heterocycles. The molecular formula is C12H17BrN2O2. The molecule has 0 aliphatic heterocycles. The van der Waals surface area contributed by atoms with Gasteiger partial charge >= 0.3 is 0 Å². The van der Waals surface area contributed by atoms with Crippen molar-refractivity contribution in [2.45, 2.75) is 26.3 Å². The standard InChI is InChI=1S/C12H17BrN2O2/c1-3-14-8(2)6-12(17)15-10-7-9(13)4-5-11(10)16/h4-5,7-8,14,16H,3,6H2,1-2H3,(H,15,17). The molecule has 17 heavy (non-hydrogen) atoms. The van der Waals surface area contributed by atoms with Crippen molar-refractivity contribution in [3.05, 3.63) is 22.7 Å². The normalized spacial score (nSPS) is 12.2. The number of anilines is 1. The number of carbonyl (C=O) groups is 1. The summed E-state index contributed by atoms with van der Waals surface area (Å²) in [7, 11) is 0. The highest BCUT2D eigenvalue weighted by Gasteiger charge is 2.10. The Labute approximate surface area is 110 Å². The van der Waals surface area contributed by atoms with Crippen LogP contribution < -0.4 is 10.6 Å². The van der Waals surface area contributed by atoms with Gasteiger partial charge in [-0.2, -0.15) is 0 Å². The predicted molar refractivity (Wildman–Crippen MR) is 72.2 cm³/mol. The largest absolute Gasteiger partial charge is 0.506 e. The zero-order valence-electron chi connectivity index (χ0n) is 9.96. The van der Waals surface area contributed by atoms with E-state index in [9.17, 15) is 9.90 Å². The van der Waals surface area contributed by atoms with Crippen LogP contribution in [0.15, 0.2) is 22.7 Å². The SMILES string of the molecule is CCNC(C)CC(=O)Nc1cc(Br)ccc1O. The molecule has 94 valence electrons. The van der Waals surface area contributed by atoms with Gasteiger partial charge in [-0.15, -0.1) is 0 Å². The molecule has 0 aliphatic carbocycles. The number of benzene rings is 1. The van der Waals surface area contributed by atoms with E-state index in [4.69, 9.17) is 0 Å². The first kappa shape index (κ1) is 14.0. The van der Waals surface area contributed by atoms with E-state index in [1.54, 1.807) is 12.1 Å². The average Bonchev–Trinajstić information content (AvgIpc) is 2.23. The number of hydrogen-bond acceptors (Lipinski definition) is 3. The number of amides is 1.